The fourth-order valence-electron chi connectivity index (χ4n) is 3.62. The number of carbonyl (C=O) groups excluding carboxylic acids is 1. The maximum atomic E-state index is 13.0. The lowest BCUT2D eigenvalue weighted by Gasteiger charge is -2.44. The van der Waals surface area contributed by atoms with Gasteiger partial charge in [-0.25, -0.2) is 0 Å². The van der Waals surface area contributed by atoms with Crippen LogP contribution in [-0.2, 0) is 4.79 Å². The molecule has 0 radical (unpaired) electrons. The Morgan fingerprint density at radius 2 is 1.58 bits per heavy atom. The van der Waals surface area contributed by atoms with E-state index < -0.39 is 0 Å². The fourth-order valence-corrected chi connectivity index (χ4v) is 3.62. The molecular weight excluding hydrogens is 236 g/mol. The number of hydrogen-bond acceptors (Lipinski definition) is 2. The lowest BCUT2D eigenvalue weighted by Crippen LogP contribution is -2.57. The van der Waals surface area contributed by atoms with Crippen molar-refractivity contribution in [2.75, 3.05) is 13.1 Å². The minimum absolute atomic E-state index is 0.0696. The second-order valence-electron chi connectivity index (χ2n) is 7.62. The number of hydrogen-bond donors (Lipinski definition) is 1. The van der Waals surface area contributed by atoms with Gasteiger partial charge in [0.1, 0.15) is 0 Å². The molecule has 2 rings (SSSR count). The van der Waals surface area contributed by atoms with Crippen LogP contribution in [0.3, 0.4) is 0 Å². The van der Waals surface area contributed by atoms with E-state index in [0.29, 0.717) is 11.9 Å². The van der Waals surface area contributed by atoms with Gasteiger partial charge in [-0.2, -0.15) is 0 Å². The Bertz CT molecular complexity index is 328. The molecule has 1 aliphatic heterocycles. The topological polar surface area (TPSA) is 32.3 Å². The van der Waals surface area contributed by atoms with Crippen molar-refractivity contribution in [1.29, 1.82) is 0 Å². The first-order valence-electron chi connectivity index (χ1n) is 7.89. The Balaban J connectivity index is 2.27. The van der Waals surface area contributed by atoms with Gasteiger partial charge in [-0.05, 0) is 40.5 Å². The van der Waals surface area contributed by atoms with Crippen molar-refractivity contribution in [3.05, 3.63) is 0 Å². The van der Waals surface area contributed by atoms with Crippen LogP contribution in [0.2, 0.25) is 0 Å². The SMILES string of the molecule is CC1(C)CNCC(C)(C)N(C2CCCCCC2)C1=O. The zero-order chi connectivity index (χ0) is 14.1. The summed E-state index contributed by atoms with van der Waals surface area (Å²) in [5, 5.41) is 3.48. The minimum atomic E-state index is -0.278. The van der Waals surface area contributed by atoms with E-state index in [1.54, 1.807) is 0 Å². The molecular formula is C16H30N2O. The molecule has 0 atom stereocenters. The highest BCUT2D eigenvalue weighted by molar-refractivity contribution is 5.83. The van der Waals surface area contributed by atoms with E-state index in [9.17, 15) is 4.79 Å². The molecule has 2 fully saturated rings. The molecule has 0 aromatic rings. The Morgan fingerprint density at radius 1 is 1.00 bits per heavy atom. The highest BCUT2D eigenvalue weighted by Crippen LogP contribution is 2.33. The molecule has 0 aromatic heterocycles. The minimum Gasteiger partial charge on any atom is -0.333 e. The second-order valence-corrected chi connectivity index (χ2v) is 7.62. The number of nitrogens with zero attached hydrogens (tertiary/aromatic N) is 1. The van der Waals surface area contributed by atoms with Crippen molar-refractivity contribution in [2.24, 2.45) is 5.41 Å². The number of carbonyl (C=O) groups is 1. The van der Waals surface area contributed by atoms with Crippen molar-refractivity contribution in [1.82, 2.24) is 10.2 Å². The Kier molecular flexibility index (Phi) is 4.24. The van der Waals surface area contributed by atoms with Crippen LogP contribution in [0.5, 0.6) is 0 Å². The van der Waals surface area contributed by atoms with Crippen LogP contribution in [-0.4, -0.2) is 35.5 Å². The summed E-state index contributed by atoms with van der Waals surface area (Å²) >= 11 is 0. The summed E-state index contributed by atoms with van der Waals surface area (Å²) in [6.45, 7) is 10.3. The van der Waals surface area contributed by atoms with Gasteiger partial charge in [-0.1, -0.05) is 25.7 Å². The van der Waals surface area contributed by atoms with E-state index in [0.717, 1.165) is 13.1 Å². The third-order valence-electron chi connectivity index (χ3n) is 4.76. The molecule has 1 saturated heterocycles. The number of amides is 1. The van der Waals surface area contributed by atoms with Crippen molar-refractivity contribution in [3.63, 3.8) is 0 Å². The molecule has 3 nitrogen and oxygen atoms in total. The van der Waals surface area contributed by atoms with Crippen molar-refractivity contribution < 1.29 is 4.79 Å². The van der Waals surface area contributed by atoms with Gasteiger partial charge >= 0.3 is 0 Å². The van der Waals surface area contributed by atoms with E-state index in [1.165, 1.54) is 38.5 Å². The van der Waals surface area contributed by atoms with Crippen molar-refractivity contribution in [2.45, 2.75) is 77.8 Å². The van der Waals surface area contributed by atoms with Gasteiger partial charge in [0.25, 0.3) is 0 Å². The van der Waals surface area contributed by atoms with Crippen LogP contribution in [0, 0.1) is 5.41 Å². The molecule has 1 amide bonds. The molecule has 2 aliphatic rings. The third-order valence-corrected chi connectivity index (χ3v) is 4.76. The molecule has 110 valence electrons. The molecule has 1 aliphatic carbocycles. The van der Waals surface area contributed by atoms with Gasteiger partial charge in [0.05, 0.1) is 5.41 Å². The van der Waals surface area contributed by atoms with E-state index in [-0.39, 0.29) is 11.0 Å². The standard InChI is InChI=1S/C16H30N2O/c1-15(2)11-17-12-16(3,4)18(14(15)19)13-9-7-5-6-8-10-13/h13,17H,5-12H2,1-4H3. The Morgan fingerprint density at radius 3 is 2.16 bits per heavy atom. The number of nitrogens with one attached hydrogen (secondary N) is 1. The maximum absolute atomic E-state index is 13.0. The Labute approximate surface area is 118 Å². The Hall–Kier alpha value is -0.570. The largest absolute Gasteiger partial charge is 0.333 e. The van der Waals surface area contributed by atoms with Gasteiger partial charge in [0.2, 0.25) is 5.91 Å². The lowest BCUT2D eigenvalue weighted by atomic mass is 9.88. The molecule has 1 N–H and O–H groups in total. The summed E-state index contributed by atoms with van der Waals surface area (Å²) in [5.74, 6) is 0.342. The molecule has 3 heteroatoms. The van der Waals surface area contributed by atoms with Gasteiger partial charge in [0, 0.05) is 24.7 Å². The monoisotopic (exact) mass is 266 g/mol. The van der Waals surface area contributed by atoms with Crippen molar-refractivity contribution >= 4 is 5.91 Å². The first-order valence-corrected chi connectivity index (χ1v) is 7.89. The summed E-state index contributed by atoms with van der Waals surface area (Å²) in [7, 11) is 0. The van der Waals surface area contributed by atoms with Crippen LogP contribution in [0.15, 0.2) is 0 Å². The van der Waals surface area contributed by atoms with Gasteiger partial charge < -0.3 is 10.2 Å². The van der Waals surface area contributed by atoms with E-state index >= 15 is 0 Å². The molecule has 0 bridgehead atoms. The summed E-state index contributed by atoms with van der Waals surface area (Å²) in [6.07, 6.45) is 7.59. The fraction of sp³-hybridized carbons (Fsp3) is 0.938. The van der Waals surface area contributed by atoms with Gasteiger partial charge in [-0.15, -0.1) is 0 Å². The average molecular weight is 266 g/mol. The van der Waals surface area contributed by atoms with Crippen LogP contribution in [0.4, 0.5) is 0 Å². The smallest absolute Gasteiger partial charge is 0.230 e. The lowest BCUT2D eigenvalue weighted by molar-refractivity contribution is -0.147. The zero-order valence-electron chi connectivity index (χ0n) is 13.1. The highest BCUT2D eigenvalue weighted by Gasteiger charge is 2.44. The van der Waals surface area contributed by atoms with Crippen LogP contribution in [0.1, 0.15) is 66.2 Å². The second kappa shape index (κ2) is 5.43. The first-order chi connectivity index (χ1) is 8.84. The van der Waals surface area contributed by atoms with Crippen molar-refractivity contribution in [3.8, 4) is 0 Å². The molecule has 0 spiro atoms. The van der Waals surface area contributed by atoms with Gasteiger partial charge in [-0.3, -0.25) is 4.79 Å². The van der Waals surface area contributed by atoms with Crippen LogP contribution >= 0.6 is 0 Å². The average Bonchev–Trinajstić information content (AvgIpc) is 2.59. The summed E-state index contributed by atoms with van der Waals surface area (Å²) < 4.78 is 0. The van der Waals surface area contributed by atoms with Gasteiger partial charge in [0.15, 0.2) is 0 Å². The normalized spacial score (nSPS) is 28.8. The van der Waals surface area contributed by atoms with Crippen LogP contribution < -0.4 is 5.32 Å². The maximum Gasteiger partial charge on any atom is 0.230 e. The van der Waals surface area contributed by atoms with E-state index in [1.807, 2.05) is 0 Å². The summed E-state index contributed by atoms with van der Waals surface area (Å²) in [5.41, 5.74) is -0.347. The predicted molar refractivity (Wildman–Crippen MR) is 79.1 cm³/mol. The molecule has 1 saturated carbocycles. The third kappa shape index (κ3) is 3.13. The number of rotatable bonds is 1. The molecule has 19 heavy (non-hydrogen) atoms. The quantitative estimate of drug-likeness (QED) is 0.740. The predicted octanol–water partition coefficient (Wildman–Crippen LogP) is 2.95. The highest BCUT2D eigenvalue weighted by atomic mass is 16.2. The van der Waals surface area contributed by atoms with Crippen LogP contribution in [0.25, 0.3) is 0 Å². The molecule has 0 unspecified atom stereocenters. The molecule has 1 heterocycles. The zero-order valence-corrected chi connectivity index (χ0v) is 13.1. The first kappa shape index (κ1) is 14.8. The summed E-state index contributed by atoms with van der Waals surface area (Å²) in [6, 6.07) is 0.448. The van der Waals surface area contributed by atoms with E-state index in [2.05, 4.69) is 37.9 Å². The summed E-state index contributed by atoms with van der Waals surface area (Å²) in [4.78, 5) is 15.2. The van der Waals surface area contributed by atoms with E-state index in [4.69, 9.17) is 0 Å². The molecule has 0 aromatic carbocycles.